The number of hydrogen-bond donors (Lipinski definition) is 2. The molecule has 0 spiro atoms. The Bertz CT molecular complexity index is 215. The summed E-state index contributed by atoms with van der Waals surface area (Å²) in [6, 6.07) is 3.92. The predicted molar refractivity (Wildman–Crippen MR) is 46.0 cm³/mol. The van der Waals surface area contributed by atoms with Crippen LogP contribution in [-0.2, 0) is 6.42 Å². The molecule has 0 fully saturated rings. The van der Waals surface area contributed by atoms with Crippen molar-refractivity contribution < 1.29 is 0 Å². The summed E-state index contributed by atoms with van der Waals surface area (Å²) >= 11 is 0. The predicted octanol–water partition coefficient (Wildman–Crippen LogP) is 0.553. The van der Waals surface area contributed by atoms with Crippen molar-refractivity contribution in [3.63, 3.8) is 0 Å². The van der Waals surface area contributed by atoms with Crippen LogP contribution in [0.2, 0.25) is 0 Å². The first-order valence-electron chi connectivity index (χ1n) is 3.64. The van der Waals surface area contributed by atoms with Crippen molar-refractivity contribution in [2.75, 3.05) is 5.73 Å². The van der Waals surface area contributed by atoms with E-state index in [2.05, 4.69) is 4.98 Å². The van der Waals surface area contributed by atoms with E-state index in [-0.39, 0.29) is 6.04 Å². The third kappa shape index (κ3) is 2.55. The van der Waals surface area contributed by atoms with E-state index in [1.54, 1.807) is 12.3 Å². The van der Waals surface area contributed by atoms with E-state index in [1.807, 2.05) is 13.0 Å². The first-order valence-corrected chi connectivity index (χ1v) is 3.64. The lowest BCUT2D eigenvalue weighted by molar-refractivity contribution is 0.736. The van der Waals surface area contributed by atoms with E-state index in [9.17, 15) is 0 Å². The zero-order valence-electron chi connectivity index (χ0n) is 6.62. The lowest BCUT2D eigenvalue weighted by Gasteiger charge is -2.03. The Kier molecular flexibility index (Phi) is 2.44. The number of hydrogen-bond acceptors (Lipinski definition) is 3. The number of nitrogens with two attached hydrogens (primary N) is 2. The highest BCUT2D eigenvalue weighted by atomic mass is 14.8. The van der Waals surface area contributed by atoms with Crippen molar-refractivity contribution in [2.24, 2.45) is 5.73 Å². The average molecular weight is 151 g/mol. The minimum absolute atomic E-state index is 0.181. The number of nitrogen functional groups attached to an aromatic ring is 1. The van der Waals surface area contributed by atoms with E-state index in [0.29, 0.717) is 5.82 Å². The van der Waals surface area contributed by atoms with Gasteiger partial charge in [-0.3, -0.25) is 0 Å². The second-order valence-corrected chi connectivity index (χ2v) is 2.77. The summed E-state index contributed by atoms with van der Waals surface area (Å²) in [4.78, 5) is 3.95. The van der Waals surface area contributed by atoms with Crippen LogP contribution in [0.5, 0.6) is 0 Å². The zero-order valence-corrected chi connectivity index (χ0v) is 6.62. The summed E-state index contributed by atoms with van der Waals surface area (Å²) in [6.45, 7) is 1.97. The first-order chi connectivity index (χ1) is 5.18. The lowest BCUT2D eigenvalue weighted by Crippen LogP contribution is -2.17. The number of rotatable bonds is 2. The van der Waals surface area contributed by atoms with Crippen molar-refractivity contribution in [3.8, 4) is 0 Å². The molecular formula is C8H13N3. The summed E-state index contributed by atoms with van der Waals surface area (Å²) in [5, 5.41) is 0. The summed E-state index contributed by atoms with van der Waals surface area (Å²) < 4.78 is 0. The molecule has 1 atom stereocenters. The van der Waals surface area contributed by atoms with Crippen molar-refractivity contribution in [1.82, 2.24) is 4.98 Å². The Balaban J connectivity index is 2.66. The lowest BCUT2D eigenvalue weighted by atomic mass is 10.1. The van der Waals surface area contributed by atoms with Gasteiger partial charge in [0.15, 0.2) is 0 Å². The third-order valence-corrected chi connectivity index (χ3v) is 1.41. The number of aromatic nitrogens is 1. The van der Waals surface area contributed by atoms with Crippen LogP contribution in [0.15, 0.2) is 18.3 Å². The van der Waals surface area contributed by atoms with Crippen LogP contribution in [0.25, 0.3) is 0 Å². The topological polar surface area (TPSA) is 64.9 Å². The van der Waals surface area contributed by atoms with Gasteiger partial charge >= 0.3 is 0 Å². The highest BCUT2D eigenvalue weighted by Gasteiger charge is 1.96. The first kappa shape index (κ1) is 8.01. The summed E-state index contributed by atoms with van der Waals surface area (Å²) in [5.74, 6) is 0.554. The zero-order chi connectivity index (χ0) is 8.27. The smallest absolute Gasteiger partial charge is 0.123 e. The molecule has 0 aliphatic rings. The Morgan fingerprint density at radius 3 is 2.73 bits per heavy atom. The van der Waals surface area contributed by atoms with Crippen molar-refractivity contribution in [2.45, 2.75) is 19.4 Å². The molecule has 0 unspecified atom stereocenters. The SMILES string of the molecule is C[C@@H](N)Cc1ccc(N)nc1. The van der Waals surface area contributed by atoms with Gasteiger partial charge in [0, 0.05) is 12.2 Å². The van der Waals surface area contributed by atoms with Crippen LogP contribution in [0.3, 0.4) is 0 Å². The molecule has 3 nitrogen and oxygen atoms in total. The van der Waals surface area contributed by atoms with Gasteiger partial charge in [-0.05, 0) is 25.0 Å². The molecule has 11 heavy (non-hydrogen) atoms. The maximum atomic E-state index is 5.60. The highest BCUT2D eigenvalue weighted by molar-refractivity contribution is 5.29. The van der Waals surface area contributed by atoms with Crippen molar-refractivity contribution in [1.29, 1.82) is 0 Å². The van der Waals surface area contributed by atoms with Crippen LogP contribution in [0, 0.1) is 0 Å². The van der Waals surface area contributed by atoms with Crippen LogP contribution < -0.4 is 11.5 Å². The quantitative estimate of drug-likeness (QED) is 0.648. The van der Waals surface area contributed by atoms with Gasteiger partial charge in [-0.2, -0.15) is 0 Å². The second kappa shape index (κ2) is 3.34. The fourth-order valence-corrected chi connectivity index (χ4v) is 0.928. The molecule has 0 saturated carbocycles. The van der Waals surface area contributed by atoms with E-state index in [4.69, 9.17) is 11.5 Å². The van der Waals surface area contributed by atoms with Crippen molar-refractivity contribution >= 4 is 5.82 Å². The second-order valence-electron chi connectivity index (χ2n) is 2.77. The van der Waals surface area contributed by atoms with E-state index < -0.39 is 0 Å². The Morgan fingerprint density at radius 1 is 1.55 bits per heavy atom. The van der Waals surface area contributed by atoms with Crippen LogP contribution in [0.1, 0.15) is 12.5 Å². The number of anilines is 1. The summed E-state index contributed by atoms with van der Waals surface area (Å²) in [6.07, 6.45) is 2.62. The molecule has 0 amide bonds. The number of nitrogens with zero attached hydrogens (tertiary/aromatic N) is 1. The Labute approximate surface area is 66.4 Å². The van der Waals surface area contributed by atoms with E-state index >= 15 is 0 Å². The highest BCUT2D eigenvalue weighted by Crippen LogP contribution is 2.02. The van der Waals surface area contributed by atoms with Gasteiger partial charge < -0.3 is 11.5 Å². The molecule has 1 heterocycles. The molecular weight excluding hydrogens is 138 g/mol. The third-order valence-electron chi connectivity index (χ3n) is 1.41. The molecule has 0 saturated heterocycles. The van der Waals surface area contributed by atoms with Gasteiger partial charge in [-0.15, -0.1) is 0 Å². The number of pyridine rings is 1. The fraction of sp³-hybridized carbons (Fsp3) is 0.375. The molecule has 1 aromatic rings. The van der Waals surface area contributed by atoms with Crippen molar-refractivity contribution in [3.05, 3.63) is 23.9 Å². The molecule has 1 aromatic heterocycles. The molecule has 0 aliphatic heterocycles. The van der Waals surface area contributed by atoms with E-state index in [1.165, 1.54) is 0 Å². The standard InChI is InChI=1S/C8H13N3/c1-6(9)4-7-2-3-8(10)11-5-7/h2-3,5-6H,4,9H2,1H3,(H2,10,11)/t6-/m1/s1. The minimum atomic E-state index is 0.181. The van der Waals surface area contributed by atoms with Gasteiger partial charge in [-0.25, -0.2) is 4.98 Å². The minimum Gasteiger partial charge on any atom is -0.384 e. The van der Waals surface area contributed by atoms with Gasteiger partial charge in [0.25, 0.3) is 0 Å². The summed E-state index contributed by atoms with van der Waals surface area (Å²) in [5.41, 5.74) is 12.2. The molecule has 1 rings (SSSR count). The largest absolute Gasteiger partial charge is 0.384 e. The van der Waals surface area contributed by atoms with Gasteiger partial charge in [0.05, 0.1) is 0 Å². The van der Waals surface area contributed by atoms with Gasteiger partial charge in [-0.1, -0.05) is 6.07 Å². The molecule has 0 bridgehead atoms. The van der Waals surface area contributed by atoms with Gasteiger partial charge in [0.2, 0.25) is 0 Å². The van der Waals surface area contributed by atoms with E-state index in [0.717, 1.165) is 12.0 Å². The normalized spacial score (nSPS) is 12.9. The summed E-state index contributed by atoms with van der Waals surface area (Å²) in [7, 11) is 0. The van der Waals surface area contributed by atoms with Crippen LogP contribution in [-0.4, -0.2) is 11.0 Å². The molecule has 3 heteroatoms. The van der Waals surface area contributed by atoms with Crippen LogP contribution >= 0.6 is 0 Å². The molecule has 0 aliphatic carbocycles. The molecule has 60 valence electrons. The van der Waals surface area contributed by atoms with Gasteiger partial charge in [0.1, 0.15) is 5.82 Å². The molecule has 4 N–H and O–H groups in total. The fourth-order valence-electron chi connectivity index (χ4n) is 0.928. The molecule has 0 aromatic carbocycles. The average Bonchev–Trinajstić information content (AvgIpc) is 1.93. The monoisotopic (exact) mass is 151 g/mol. The van der Waals surface area contributed by atoms with Crippen LogP contribution in [0.4, 0.5) is 5.82 Å². The molecule has 0 radical (unpaired) electrons. The maximum Gasteiger partial charge on any atom is 0.123 e. The Morgan fingerprint density at radius 2 is 2.27 bits per heavy atom. The Hall–Kier alpha value is -1.09. The maximum absolute atomic E-state index is 5.60.